The van der Waals surface area contributed by atoms with Crippen LogP contribution in [0.5, 0.6) is 0 Å². The summed E-state index contributed by atoms with van der Waals surface area (Å²) in [5.41, 5.74) is 4.12. The molecule has 1 aliphatic heterocycles. The fourth-order valence-corrected chi connectivity index (χ4v) is 4.52. The highest BCUT2D eigenvalue weighted by Crippen LogP contribution is 2.26. The third-order valence-electron chi connectivity index (χ3n) is 5.64. The van der Waals surface area contributed by atoms with Crippen LogP contribution in [0.3, 0.4) is 0 Å². The van der Waals surface area contributed by atoms with E-state index in [1.165, 1.54) is 11.3 Å². The molecule has 2 amide bonds. The summed E-state index contributed by atoms with van der Waals surface area (Å²) in [6, 6.07) is 15.8. The summed E-state index contributed by atoms with van der Waals surface area (Å²) in [6.07, 6.45) is 1.67. The van der Waals surface area contributed by atoms with Crippen molar-refractivity contribution in [1.29, 1.82) is 0 Å². The molecule has 0 saturated carbocycles. The minimum absolute atomic E-state index is 0.0131. The molecule has 0 radical (unpaired) electrons. The van der Waals surface area contributed by atoms with Gasteiger partial charge in [0, 0.05) is 37.4 Å². The topological polar surface area (TPSA) is 65.5 Å². The van der Waals surface area contributed by atoms with Crippen LogP contribution in [0.15, 0.2) is 54.7 Å². The van der Waals surface area contributed by atoms with Crippen LogP contribution in [-0.2, 0) is 4.79 Å². The Labute approximate surface area is 186 Å². The summed E-state index contributed by atoms with van der Waals surface area (Å²) in [5, 5.41) is 3.86. The smallest absolute Gasteiger partial charge is 0.265 e. The van der Waals surface area contributed by atoms with Crippen molar-refractivity contribution in [2.75, 3.05) is 38.0 Å². The number of hydrogen-bond donors (Lipinski definition) is 1. The van der Waals surface area contributed by atoms with Gasteiger partial charge in [0.05, 0.1) is 12.7 Å². The largest absolute Gasteiger partial charge is 0.335 e. The summed E-state index contributed by atoms with van der Waals surface area (Å²) >= 11 is 1.42. The number of aryl methyl sites for hydroxylation is 1. The zero-order chi connectivity index (χ0) is 21.8. The van der Waals surface area contributed by atoms with E-state index in [1.807, 2.05) is 67.3 Å². The first-order valence-electron chi connectivity index (χ1n) is 10.4. The number of hydrogen-bond acceptors (Lipinski definition) is 5. The Kier molecular flexibility index (Phi) is 6.44. The third kappa shape index (κ3) is 5.00. The SMILES string of the molecule is Cc1cccc(NC(=O)CN2CCN(C(=O)c3cnc(-c4ccccc4)s3)CC2)c1C. The average Bonchev–Trinajstić information content (AvgIpc) is 3.28. The molecule has 7 heteroatoms. The third-order valence-corrected chi connectivity index (χ3v) is 6.68. The molecule has 1 aliphatic rings. The van der Waals surface area contributed by atoms with Crippen LogP contribution in [0.25, 0.3) is 10.6 Å². The van der Waals surface area contributed by atoms with Crippen LogP contribution in [0.2, 0.25) is 0 Å². The minimum atomic E-state index is -0.0246. The molecule has 160 valence electrons. The lowest BCUT2D eigenvalue weighted by Crippen LogP contribution is -2.50. The van der Waals surface area contributed by atoms with Gasteiger partial charge in [0.2, 0.25) is 5.91 Å². The number of thiazole rings is 1. The number of amides is 2. The van der Waals surface area contributed by atoms with Crippen molar-refractivity contribution in [3.05, 3.63) is 70.7 Å². The molecule has 0 bridgehead atoms. The maximum atomic E-state index is 12.9. The number of nitrogens with zero attached hydrogens (tertiary/aromatic N) is 3. The van der Waals surface area contributed by atoms with Gasteiger partial charge in [-0.15, -0.1) is 11.3 Å². The summed E-state index contributed by atoms with van der Waals surface area (Å²) in [7, 11) is 0. The zero-order valence-corrected chi connectivity index (χ0v) is 18.6. The molecule has 1 aromatic heterocycles. The number of carbonyl (C=O) groups is 2. The Morgan fingerprint density at radius 1 is 1.00 bits per heavy atom. The quantitative estimate of drug-likeness (QED) is 0.663. The molecule has 2 heterocycles. The molecule has 1 fully saturated rings. The molecule has 0 aliphatic carbocycles. The normalized spacial score (nSPS) is 14.5. The molecule has 1 saturated heterocycles. The summed E-state index contributed by atoms with van der Waals surface area (Å²) in [6.45, 7) is 6.94. The van der Waals surface area contributed by atoms with E-state index < -0.39 is 0 Å². The van der Waals surface area contributed by atoms with Gasteiger partial charge in [-0.05, 0) is 31.0 Å². The van der Waals surface area contributed by atoms with E-state index in [2.05, 4.69) is 15.2 Å². The number of benzene rings is 2. The highest BCUT2D eigenvalue weighted by molar-refractivity contribution is 7.16. The molecule has 1 N–H and O–H groups in total. The van der Waals surface area contributed by atoms with Gasteiger partial charge in [-0.25, -0.2) is 4.98 Å². The van der Waals surface area contributed by atoms with Crippen molar-refractivity contribution in [2.24, 2.45) is 0 Å². The van der Waals surface area contributed by atoms with Gasteiger partial charge in [-0.2, -0.15) is 0 Å². The number of nitrogens with one attached hydrogen (secondary N) is 1. The van der Waals surface area contributed by atoms with Crippen LogP contribution in [0, 0.1) is 13.8 Å². The Bertz CT molecular complexity index is 1070. The number of aromatic nitrogens is 1. The molecule has 2 aromatic carbocycles. The van der Waals surface area contributed by atoms with Crippen molar-refractivity contribution in [3.8, 4) is 10.6 Å². The summed E-state index contributed by atoms with van der Waals surface area (Å²) in [5.74, 6) is -0.0115. The molecular formula is C24H26N4O2S. The number of piperazine rings is 1. The van der Waals surface area contributed by atoms with Gasteiger partial charge < -0.3 is 10.2 Å². The second-order valence-electron chi connectivity index (χ2n) is 7.76. The molecule has 6 nitrogen and oxygen atoms in total. The van der Waals surface area contributed by atoms with Crippen LogP contribution >= 0.6 is 11.3 Å². The molecular weight excluding hydrogens is 408 g/mol. The number of rotatable bonds is 5. The first kappa shape index (κ1) is 21.2. The van der Waals surface area contributed by atoms with Gasteiger partial charge in [0.15, 0.2) is 0 Å². The van der Waals surface area contributed by atoms with E-state index in [0.29, 0.717) is 37.6 Å². The monoisotopic (exact) mass is 434 g/mol. The van der Waals surface area contributed by atoms with E-state index >= 15 is 0 Å². The Hall–Kier alpha value is -3.03. The van der Waals surface area contributed by atoms with Crippen molar-refractivity contribution in [3.63, 3.8) is 0 Å². The van der Waals surface area contributed by atoms with Crippen LogP contribution in [0.1, 0.15) is 20.8 Å². The highest BCUT2D eigenvalue weighted by Gasteiger charge is 2.25. The molecule has 3 aromatic rings. The van der Waals surface area contributed by atoms with Gasteiger partial charge >= 0.3 is 0 Å². The maximum absolute atomic E-state index is 12.9. The Balaban J connectivity index is 1.29. The maximum Gasteiger partial charge on any atom is 0.265 e. The van der Waals surface area contributed by atoms with E-state index in [9.17, 15) is 9.59 Å². The van der Waals surface area contributed by atoms with E-state index in [1.54, 1.807) is 6.20 Å². The van der Waals surface area contributed by atoms with E-state index in [0.717, 1.165) is 27.4 Å². The van der Waals surface area contributed by atoms with Crippen molar-refractivity contribution >= 4 is 28.8 Å². The van der Waals surface area contributed by atoms with Crippen molar-refractivity contribution < 1.29 is 9.59 Å². The van der Waals surface area contributed by atoms with E-state index in [4.69, 9.17) is 0 Å². The van der Waals surface area contributed by atoms with Gasteiger partial charge in [-0.1, -0.05) is 42.5 Å². The molecule has 0 spiro atoms. The molecule has 31 heavy (non-hydrogen) atoms. The molecule has 0 atom stereocenters. The summed E-state index contributed by atoms with van der Waals surface area (Å²) < 4.78 is 0. The lowest BCUT2D eigenvalue weighted by molar-refractivity contribution is -0.117. The van der Waals surface area contributed by atoms with E-state index in [-0.39, 0.29) is 11.8 Å². The lowest BCUT2D eigenvalue weighted by atomic mass is 10.1. The second-order valence-corrected chi connectivity index (χ2v) is 8.79. The molecule has 0 unspecified atom stereocenters. The average molecular weight is 435 g/mol. The summed E-state index contributed by atoms with van der Waals surface area (Å²) in [4.78, 5) is 34.4. The zero-order valence-electron chi connectivity index (χ0n) is 17.8. The predicted octanol–water partition coefficient (Wildman–Crippen LogP) is 3.82. The first-order chi connectivity index (χ1) is 15.0. The Morgan fingerprint density at radius 3 is 2.48 bits per heavy atom. The predicted molar refractivity (Wildman–Crippen MR) is 124 cm³/mol. The Morgan fingerprint density at radius 2 is 1.74 bits per heavy atom. The lowest BCUT2D eigenvalue weighted by Gasteiger charge is -2.34. The van der Waals surface area contributed by atoms with Gasteiger partial charge in [0.25, 0.3) is 5.91 Å². The second kappa shape index (κ2) is 9.41. The van der Waals surface area contributed by atoms with Crippen molar-refractivity contribution in [1.82, 2.24) is 14.8 Å². The fraction of sp³-hybridized carbons (Fsp3) is 0.292. The van der Waals surface area contributed by atoms with Gasteiger partial charge in [-0.3, -0.25) is 14.5 Å². The van der Waals surface area contributed by atoms with Gasteiger partial charge in [0.1, 0.15) is 9.88 Å². The number of anilines is 1. The number of carbonyl (C=O) groups excluding carboxylic acids is 2. The van der Waals surface area contributed by atoms with Crippen LogP contribution in [-0.4, -0.2) is 59.3 Å². The van der Waals surface area contributed by atoms with Crippen LogP contribution < -0.4 is 5.32 Å². The standard InChI is InChI=1S/C24H26N4O2S/c1-17-7-6-10-20(18(17)2)26-22(29)16-27-11-13-28(14-12-27)24(30)21-15-25-23(31-21)19-8-4-3-5-9-19/h3-10,15H,11-14,16H2,1-2H3,(H,26,29). The minimum Gasteiger partial charge on any atom is -0.335 e. The first-order valence-corrected chi connectivity index (χ1v) is 11.2. The van der Waals surface area contributed by atoms with Crippen molar-refractivity contribution in [2.45, 2.75) is 13.8 Å². The molecule has 4 rings (SSSR count). The van der Waals surface area contributed by atoms with Crippen LogP contribution in [0.4, 0.5) is 5.69 Å². The fourth-order valence-electron chi connectivity index (χ4n) is 3.63. The highest BCUT2D eigenvalue weighted by atomic mass is 32.1.